The average molecular weight is 161 g/mol. The first-order valence-corrected chi connectivity index (χ1v) is 4.00. The van der Waals surface area contributed by atoms with Crippen LogP contribution in [-0.4, -0.2) is 10.6 Å². The van der Waals surface area contributed by atoms with Crippen LogP contribution in [0.4, 0.5) is 0 Å². The summed E-state index contributed by atoms with van der Waals surface area (Å²) < 4.78 is 0. The number of rotatable bonds is 0. The lowest BCUT2D eigenvalue weighted by Crippen LogP contribution is -2.23. The molecule has 0 aromatic heterocycles. The van der Waals surface area contributed by atoms with Gasteiger partial charge in [0.2, 0.25) is 0 Å². The van der Waals surface area contributed by atoms with Crippen molar-refractivity contribution in [3.8, 4) is 0 Å². The van der Waals surface area contributed by atoms with E-state index in [1.807, 2.05) is 38.1 Å². The van der Waals surface area contributed by atoms with Gasteiger partial charge in [-0.25, -0.2) is 0 Å². The second-order valence-corrected chi connectivity index (χ2v) is 3.54. The SMILES string of the molecule is CC1(C)N=c2ccccc2=C1O. The van der Waals surface area contributed by atoms with Gasteiger partial charge in [-0.05, 0) is 26.0 Å². The second kappa shape index (κ2) is 2.09. The maximum absolute atomic E-state index is 9.73. The van der Waals surface area contributed by atoms with E-state index in [9.17, 15) is 5.11 Å². The number of aliphatic hydroxyl groups excluding tert-OH is 1. The van der Waals surface area contributed by atoms with E-state index >= 15 is 0 Å². The van der Waals surface area contributed by atoms with Gasteiger partial charge in [-0.2, -0.15) is 0 Å². The van der Waals surface area contributed by atoms with E-state index in [0.717, 1.165) is 10.6 Å². The molecule has 2 heteroatoms. The zero-order chi connectivity index (χ0) is 8.77. The Balaban J connectivity index is 2.90. The van der Waals surface area contributed by atoms with Crippen LogP contribution in [0.15, 0.2) is 29.3 Å². The normalized spacial score (nSPS) is 18.7. The largest absolute Gasteiger partial charge is 0.509 e. The van der Waals surface area contributed by atoms with Gasteiger partial charge in [0, 0.05) is 5.22 Å². The highest BCUT2D eigenvalue weighted by Crippen LogP contribution is 2.18. The Hall–Kier alpha value is -1.31. The molecule has 1 aliphatic heterocycles. The number of hydrogen-bond acceptors (Lipinski definition) is 2. The minimum absolute atomic E-state index is 0.373. The molecule has 1 aromatic rings. The van der Waals surface area contributed by atoms with Crippen molar-refractivity contribution in [2.24, 2.45) is 4.99 Å². The van der Waals surface area contributed by atoms with Crippen LogP contribution >= 0.6 is 0 Å². The van der Waals surface area contributed by atoms with Crippen LogP contribution in [-0.2, 0) is 0 Å². The Morgan fingerprint density at radius 2 is 1.92 bits per heavy atom. The lowest BCUT2D eigenvalue weighted by atomic mass is 10.0. The standard InChI is InChI=1S/C10H11NO/c1-10(2)9(12)7-5-3-4-6-8(7)11-10/h3-6,12H,1-2H3. The zero-order valence-corrected chi connectivity index (χ0v) is 7.20. The molecule has 1 aliphatic rings. The molecule has 1 heterocycles. The minimum atomic E-state index is -0.441. The quantitative estimate of drug-likeness (QED) is 0.598. The minimum Gasteiger partial charge on any atom is -0.509 e. The molecule has 0 aliphatic carbocycles. The van der Waals surface area contributed by atoms with Gasteiger partial charge in [0.05, 0.1) is 5.36 Å². The molecule has 2 rings (SSSR count). The van der Waals surface area contributed by atoms with Gasteiger partial charge >= 0.3 is 0 Å². The topological polar surface area (TPSA) is 32.6 Å². The molecule has 62 valence electrons. The molecule has 12 heavy (non-hydrogen) atoms. The van der Waals surface area contributed by atoms with Crippen LogP contribution < -0.4 is 10.6 Å². The summed E-state index contributed by atoms with van der Waals surface area (Å²) in [6.07, 6.45) is 0. The Morgan fingerprint density at radius 3 is 2.58 bits per heavy atom. The fraction of sp³-hybridized carbons (Fsp3) is 0.300. The fourth-order valence-electron chi connectivity index (χ4n) is 1.46. The van der Waals surface area contributed by atoms with Crippen molar-refractivity contribution < 1.29 is 5.11 Å². The van der Waals surface area contributed by atoms with E-state index in [1.165, 1.54) is 0 Å². The first kappa shape index (κ1) is 7.35. The van der Waals surface area contributed by atoms with E-state index in [4.69, 9.17) is 0 Å². The maximum Gasteiger partial charge on any atom is 0.129 e. The second-order valence-electron chi connectivity index (χ2n) is 3.54. The first-order chi connectivity index (χ1) is 5.61. The molecule has 0 saturated carbocycles. The highest BCUT2D eigenvalue weighted by molar-refractivity contribution is 5.49. The summed E-state index contributed by atoms with van der Waals surface area (Å²) in [5.41, 5.74) is -0.441. The Labute approximate surface area is 70.9 Å². The smallest absolute Gasteiger partial charge is 0.129 e. The van der Waals surface area contributed by atoms with Crippen molar-refractivity contribution in [3.05, 3.63) is 34.8 Å². The molecule has 1 N–H and O–H groups in total. The van der Waals surface area contributed by atoms with Crippen LogP contribution in [0, 0.1) is 0 Å². The average Bonchev–Trinajstić information content (AvgIpc) is 2.24. The summed E-state index contributed by atoms with van der Waals surface area (Å²) >= 11 is 0. The molecule has 0 bridgehead atoms. The van der Waals surface area contributed by atoms with Crippen molar-refractivity contribution in [1.82, 2.24) is 0 Å². The number of aliphatic hydroxyl groups is 1. The Morgan fingerprint density at radius 1 is 1.25 bits per heavy atom. The van der Waals surface area contributed by atoms with Gasteiger partial charge in [-0.1, -0.05) is 12.1 Å². The lowest BCUT2D eigenvalue weighted by Gasteiger charge is -2.13. The van der Waals surface area contributed by atoms with Gasteiger partial charge in [0.1, 0.15) is 11.3 Å². The van der Waals surface area contributed by atoms with Gasteiger partial charge in [-0.15, -0.1) is 0 Å². The van der Waals surface area contributed by atoms with Gasteiger partial charge < -0.3 is 5.11 Å². The third kappa shape index (κ3) is 0.843. The van der Waals surface area contributed by atoms with Crippen molar-refractivity contribution in [3.63, 3.8) is 0 Å². The highest BCUT2D eigenvalue weighted by Gasteiger charge is 2.26. The third-order valence-electron chi connectivity index (χ3n) is 2.14. The van der Waals surface area contributed by atoms with E-state index in [2.05, 4.69) is 4.99 Å². The van der Waals surface area contributed by atoms with E-state index in [-0.39, 0.29) is 0 Å². The third-order valence-corrected chi connectivity index (χ3v) is 2.14. The molecule has 0 atom stereocenters. The molecule has 1 aromatic carbocycles. The summed E-state index contributed by atoms with van der Waals surface area (Å²) in [7, 11) is 0. The van der Waals surface area contributed by atoms with Gasteiger partial charge in [0.15, 0.2) is 0 Å². The van der Waals surface area contributed by atoms with E-state index < -0.39 is 5.54 Å². The molecule has 0 fully saturated rings. The zero-order valence-electron chi connectivity index (χ0n) is 7.20. The number of para-hydroxylation sites is 1. The first-order valence-electron chi connectivity index (χ1n) is 4.00. The molecule has 0 saturated heterocycles. The summed E-state index contributed by atoms with van der Waals surface area (Å²) in [6.45, 7) is 3.81. The van der Waals surface area contributed by atoms with Crippen LogP contribution in [0.3, 0.4) is 0 Å². The molecule has 0 unspecified atom stereocenters. The van der Waals surface area contributed by atoms with Gasteiger partial charge in [0.25, 0.3) is 0 Å². The molecule has 0 amide bonds. The van der Waals surface area contributed by atoms with Crippen molar-refractivity contribution >= 4 is 5.76 Å². The number of hydrogen-bond donors (Lipinski definition) is 1. The Kier molecular flexibility index (Phi) is 1.28. The summed E-state index contributed by atoms with van der Waals surface area (Å²) in [5, 5.41) is 11.5. The Bertz CT molecular complexity index is 431. The molecular formula is C10H11NO. The maximum atomic E-state index is 9.73. The van der Waals surface area contributed by atoms with Crippen LogP contribution in [0.2, 0.25) is 0 Å². The highest BCUT2D eigenvalue weighted by atomic mass is 16.3. The fourth-order valence-corrected chi connectivity index (χ4v) is 1.46. The van der Waals surface area contributed by atoms with Crippen molar-refractivity contribution in [2.45, 2.75) is 19.4 Å². The predicted octanol–water partition coefficient (Wildman–Crippen LogP) is 0.765. The summed E-state index contributed by atoms with van der Waals surface area (Å²) in [6, 6.07) is 7.65. The van der Waals surface area contributed by atoms with Crippen LogP contribution in [0.1, 0.15) is 13.8 Å². The number of benzene rings is 1. The summed E-state index contributed by atoms with van der Waals surface area (Å²) in [5.74, 6) is 0.373. The molecule has 0 spiro atoms. The van der Waals surface area contributed by atoms with E-state index in [1.54, 1.807) is 0 Å². The van der Waals surface area contributed by atoms with Gasteiger partial charge in [-0.3, -0.25) is 4.99 Å². The van der Waals surface area contributed by atoms with Crippen molar-refractivity contribution in [2.75, 3.05) is 0 Å². The molecular weight excluding hydrogens is 150 g/mol. The van der Waals surface area contributed by atoms with Crippen LogP contribution in [0.5, 0.6) is 0 Å². The number of nitrogens with zero attached hydrogens (tertiary/aromatic N) is 1. The monoisotopic (exact) mass is 161 g/mol. The predicted molar refractivity (Wildman–Crippen MR) is 47.3 cm³/mol. The van der Waals surface area contributed by atoms with Crippen LogP contribution in [0.25, 0.3) is 5.76 Å². The lowest BCUT2D eigenvalue weighted by molar-refractivity contribution is 0.422. The number of fused-ring (bicyclic) bond motifs is 1. The molecule has 2 nitrogen and oxygen atoms in total. The molecule has 0 radical (unpaired) electrons. The summed E-state index contributed by atoms with van der Waals surface area (Å²) in [4.78, 5) is 4.38. The van der Waals surface area contributed by atoms with E-state index in [0.29, 0.717) is 5.76 Å². The van der Waals surface area contributed by atoms with Crippen molar-refractivity contribution in [1.29, 1.82) is 0 Å².